The summed E-state index contributed by atoms with van der Waals surface area (Å²) >= 11 is 0. The molecule has 0 saturated heterocycles. The van der Waals surface area contributed by atoms with Crippen molar-refractivity contribution in [3.8, 4) is 11.5 Å². The van der Waals surface area contributed by atoms with Gasteiger partial charge in [-0.2, -0.15) is 0 Å². The number of carbonyl (C=O) groups is 2. The molecule has 0 bridgehead atoms. The van der Waals surface area contributed by atoms with Crippen LogP contribution >= 0.6 is 0 Å². The van der Waals surface area contributed by atoms with Crippen molar-refractivity contribution in [3.63, 3.8) is 0 Å². The highest BCUT2D eigenvalue weighted by molar-refractivity contribution is 5.95. The maximum atomic E-state index is 13.4. The van der Waals surface area contributed by atoms with E-state index in [1.165, 1.54) is 0 Å². The van der Waals surface area contributed by atoms with Crippen LogP contribution in [-0.2, 0) is 22.7 Å². The molecule has 4 aromatic carbocycles. The van der Waals surface area contributed by atoms with Crippen LogP contribution in [0.5, 0.6) is 11.5 Å². The molecule has 1 amide bonds. The fourth-order valence-electron chi connectivity index (χ4n) is 3.86. The summed E-state index contributed by atoms with van der Waals surface area (Å²) < 4.78 is 11.6. The lowest BCUT2D eigenvalue weighted by molar-refractivity contribution is -0.134. The summed E-state index contributed by atoms with van der Waals surface area (Å²) in [5.74, 6) is 0.0121. The molecule has 0 spiro atoms. The Morgan fingerprint density at radius 3 is 2.14 bits per heavy atom. The molecule has 10 heteroatoms. The highest BCUT2D eigenvalue weighted by atomic mass is 16.5. The van der Waals surface area contributed by atoms with E-state index in [1.807, 2.05) is 48.5 Å². The average Bonchev–Trinajstić information content (AvgIpc) is 2.99. The maximum Gasteiger partial charge on any atom is 0.300 e. The lowest BCUT2D eigenvalue weighted by Crippen LogP contribution is -2.33. The second-order valence-corrected chi connectivity index (χ2v) is 9.23. The topological polar surface area (TPSA) is 173 Å². The van der Waals surface area contributed by atoms with Gasteiger partial charge >= 0.3 is 0 Å². The minimum Gasteiger partial charge on any atom is -0.493 e. The smallest absolute Gasteiger partial charge is 0.300 e. The number of carboxylic acids is 1. The summed E-state index contributed by atoms with van der Waals surface area (Å²) in [6, 6.07) is 28.9. The largest absolute Gasteiger partial charge is 0.493 e. The monoisotopic (exact) mass is 569 g/mol. The Kier molecular flexibility index (Phi) is 11.3. The molecule has 0 radical (unpaired) electrons. The molecule has 1 atom stereocenters. The number of ether oxygens (including phenoxy) is 2. The third-order valence-corrected chi connectivity index (χ3v) is 5.97. The minimum absolute atomic E-state index is 0.0230. The third-order valence-electron chi connectivity index (χ3n) is 5.97. The van der Waals surface area contributed by atoms with E-state index in [2.05, 4.69) is 10.6 Å². The molecule has 0 heterocycles. The number of hydrogen-bond acceptors (Lipinski definition) is 7. The van der Waals surface area contributed by atoms with Crippen LogP contribution in [0.25, 0.3) is 0 Å². The number of hydrogen-bond donors (Lipinski definition) is 6. The van der Waals surface area contributed by atoms with Crippen molar-refractivity contribution in [3.05, 3.63) is 119 Å². The van der Waals surface area contributed by atoms with Crippen LogP contribution in [0.3, 0.4) is 0 Å². The van der Waals surface area contributed by atoms with E-state index in [4.69, 9.17) is 36.3 Å². The molecule has 42 heavy (non-hydrogen) atoms. The highest BCUT2D eigenvalue weighted by Crippen LogP contribution is 2.32. The van der Waals surface area contributed by atoms with Gasteiger partial charge < -0.3 is 36.7 Å². The zero-order valence-electron chi connectivity index (χ0n) is 23.5. The van der Waals surface area contributed by atoms with Gasteiger partial charge in [0.15, 0.2) is 11.5 Å². The van der Waals surface area contributed by atoms with Gasteiger partial charge in [0.1, 0.15) is 18.5 Å². The van der Waals surface area contributed by atoms with Crippen LogP contribution in [-0.4, -0.2) is 29.9 Å². The number of benzene rings is 4. The van der Waals surface area contributed by atoms with Crippen molar-refractivity contribution in [2.45, 2.75) is 26.1 Å². The van der Waals surface area contributed by atoms with Gasteiger partial charge in [0.05, 0.1) is 7.11 Å². The van der Waals surface area contributed by atoms with Crippen LogP contribution in [0.4, 0.5) is 11.4 Å². The number of methoxy groups -OCH3 is 1. The van der Waals surface area contributed by atoms with Crippen molar-refractivity contribution in [1.82, 2.24) is 5.32 Å². The number of nitrogens with two attached hydrogens (primary N) is 2. The summed E-state index contributed by atoms with van der Waals surface area (Å²) in [5.41, 5.74) is 16.0. The Balaban J connectivity index is 0.00000114. The van der Waals surface area contributed by atoms with Gasteiger partial charge in [0.25, 0.3) is 5.97 Å². The first kappa shape index (κ1) is 31.0. The maximum absolute atomic E-state index is 13.4. The molecule has 10 nitrogen and oxygen atoms in total. The Hall–Kier alpha value is -5.51. The Labute approximate surface area is 244 Å². The van der Waals surface area contributed by atoms with Crippen molar-refractivity contribution < 1.29 is 24.2 Å². The standard InChI is InChI=1S/C30H31N5O3.C2H4O2/c1-37-27-17-23(11-16-26(27)38-19-21-5-3-2-4-6-21)28(35-25-14-9-22(10-15-25)29(32)33)30(36)34-18-20-7-12-24(31)13-8-20;1-2(3)4/h2-17,28,35H,18-19,31H2,1H3,(H3,32,33)(H,34,36);1H3,(H,3,4). The first-order chi connectivity index (χ1) is 20.2. The van der Waals surface area contributed by atoms with Crippen LogP contribution in [0, 0.1) is 5.41 Å². The zero-order chi connectivity index (χ0) is 30.5. The second kappa shape index (κ2) is 15.3. The number of carbonyl (C=O) groups excluding carboxylic acids is 1. The summed E-state index contributed by atoms with van der Waals surface area (Å²) in [6.07, 6.45) is 0. The fraction of sp³-hybridized carbons (Fsp3) is 0.156. The number of amidine groups is 1. The summed E-state index contributed by atoms with van der Waals surface area (Å²) in [7, 11) is 1.57. The molecule has 0 saturated carbocycles. The molecule has 8 N–H and O–H groups in total. The highest BCUT2D eigenvalue weighted by Gasteiger charge is 2.22. The van der Waals surface area contributed by atoms with E-state index in [1.54, 1.807) is 55.6 Å². The molecule has 0 aliphatic rings. The molecule has 0 fully saturated rings. The quantitative estimate of drug-likeness (QED) is 0.0856. The van der Waals surface area contributed by atoms with Gasteiger partial charge in [0.2, 0.25) is 5.91 Å². The van der Waals surface area contributed by atoms with Gasteiger partial charge in [-0.1, -0.05) is 48.5 Å². The molecule has 0 aromatic heterocycles. The van der Waals surface area contributed by atoms with Gasteiger partial charge in [-0.25, -0.2) is 0 Å². The lowest BCUT2D eigenvalue weighted by Gasteiger charge is -2.22. The number of carboxylic acid groups (broad SMARTS) is 1. The van der Waals surface area contributed by atoms with E-state index in [9.17, 15) is 4.79 Å². The minimum atomic E-state index is -0.833. The van der Waals surface area contributed by atoms with Gasteiger partial charge in [-0.05, 0) is 65.2 Å². The van der Waals surface area contributed by atoms with E-state index in [-0.39, 0.29) is 11.7 Å². The molecular weight excluding hydrogens is 534 g/mol. The SMILES string of the molecule is CC(=O)O.COc1cc(C(Nc2ccc(C(=N)N)cc2)C(=O)NCc2ccc(N)cc2)ccc1OCc1ccccc1. The van der Waals surface area contributed by atoms with E-state index in [0.717, 1.165) is 18.1 Å². The molecule has 4 aromatic rings. The van der Waals surface area contributed by atoms with Crippen molar-refractivity contribution >= 4 is 29.1 Å². The van der Waals surface area contributed by atoms with Gasteiger partial charge in [-0.3, -0.25) is 15.0 Å². The van der Waals surface area contributed by atoms with Gasteiger partial charge in [-0.15, -0.1) is 0 Å². The van der Waals surface area contributed by atoms with Crippen LogP contribution in [0.1, 0.15) is 35.2 Å². The Morgan fingerprint density at radius 2 is 1.55 bits per heavy atom. The van der Waals surface area contributed by atoms with E-state index in [0.29, 0.717) is 47.2 Å². The van der Waals surface area contributed by atoms with Crippen LogP contribution < -0.4 is 31.6 Å². The fourth-order valence-corrected chi connectivity index (χ4v) is 3.86. The Morgan fingerprint density at radius 1 is 0.905 bits per heavy atom. The molecule has 0 aliphatic heterocycles. The van der Waals surface area contributed by atoms with Crippen LogP contribution in [0.2, 0.25) is 0 Å². The number of anilines is 2. The molecule has 4 rings (SSSR count). The second-order valence-electron chi connectivity index (χ2n) is 9.23. The third kappa shape index (κ3) is 9.60. The zero-order valence-corrected chi connectivity index (χ0v) is 23.5. The summed E-state index contributed by atoms with van der Waals surface area (Å²) in [5, 5.41) is 21.3. The number of aliphatic carboxylic acids is 1. The molecule has 218 valence electrons. The summed E-state index contributed by atoms with van der Waals surface area (Å²) in [4.78, 5) is 22.4. The number of nitrogen functional groups attached to an aromatic ring is 2. The van der Waals surface area contributed by atoms with Crippen molar-refractivity contribution in [2.75, 3.05) is 18.2 Å². The van der Waals surface area contributed by atoms with Gasteiger partial charge in [0, 0.05) is 30.4 Å². The average molecular weight is 570 g/mol. The molecule has 1 unspecified atom stereocenters. The first-order valence-corrected chi connectivity index (χ1v) is 13.0. The lowest BCUT2D eigenvalue weighted by atomic mass is 10.0. The molecular formula is C32H35N5O5. The van der Waals surface area contributed by atoms with Crippen molar-refractivity contribution in [1.29, 1.82) is 5.41 Å². The predicted octanol–water partition coefficient (Wildman–Crippen LogP) is 4.70. The summed E-state index contributed by atoms with van der Waals surface area (Å²) in [6.45, 7) is 1.82. The number of nitrogens with one attached hydrogen (secondary N) is 3. The number of rotatable bonds is 11. The van der Waals surface area contributed by atoms with E-state index >= 15 is 0 Å². The normalized spacial score (nSPS) is 10.8. The first-order valence-electron chi connectivity index (χ1n) is 13.0. The predicted molar refractivity (Wildman–Crippen MR) is 164 cm³/mol. The Bertz CT molecular complexity index is 1470. The molecule has 0 aliphatic carbocycles. The van der Waals surface area contributed by atoms with Crippen LogP contribution in [0.15, 0.2) is 97.1 Å². The van der Waals surface area contributed by atoms with Crippen molar-refractivity contribution in [2.24, 2.45) is 5.73 Å². The van der Waals surface area contributed by atoms with E-state index < -0.39 is 12.0 Å². The number of amides is 1.